The first-order chi connectivity index (χ1) is 10.8. The Morgan fingerprint density at radius 2 is 2.00 bits per heavy atom. The zero-order chi connectivity index (χ0) is 16.6. The summed E-state index contributed by atoms with van der Waals surface area (Å²) in [5.74, 6) is 1.96. The third-order valence-corrected chi connectivity index (χ3v) is 5.10. The molecule has 2 aliphatic rings. The summed E-state index contributed by atoms with van der Waals surface area (Å²) in [5, 5.41) is 6.32. The number of carbonyl (C=O) groups is 1. The van der Waals surface area contributed by atoms with Crippen molar-refractivity contribution in [2.75, 3.05) is 20.1 Å². The van der Waals surface area contributed by atoms with Crippen molar-refractivity contribution in [2.24, 2.45) is 5.41 Å². The molecule has 23 heavy (non-hydrogen) atoms. The number of aryl methyl sites for hydroxylation is 1. The van der Waals surface area contributed by atoms with Gasteiger partial charge in [0, 0.05) is 18.0 Å². The van der Waals surface area contributed by atoms with Crippen LogP contribution < -0.4 is 10.6 Å². The third-order valence-electron chi connectivity index (χ3n) is 5.10. The predicted molar refractivity (Wildman–Crippen MR) is 90.5 cm³/mol. The van der Waals surface area contributed by atoms with Crippen molar-refractivity contribution >= 4 is 6.03 Å². The van der Waals surface area contributed by atoms with Crippen molar-refractivity contribution in [1.29, 1.82) is 0 Å². The van der Waals surface area contributed by atoms with Gasteiger partial charge in [0.25, 0.3) is 0 Å². The van der Waals surface area contributed by atoms with Crippen LogP contribution in [0.3, 0.4) is 0 Å². The molecule has 3 rings (SSSR count). The van der Waals surface area contributed by atoms with E-state index in [0.29, 0.717) is 0 Å². The second-order valence-corrected chi connectivity index (χ2v) is 8.03. The van der Waals surface area contributed by atoms with E-state index in [-0.39, 0.29) is 23.5 Å². The highest BCUT2D eigenvalue weighted by Gasteiger charge is 2.35. The zero-order valence-electron chi connectivity index (χ0n) is 14.7. The minimum absolute atomic E-state index is 0.0393. The Kier molecular flexibility index (Phi) is 4.41. The van der Waals surface area contributed by atoms with Crippen molar-refractivity contribution in [3.05, 3.63) is 23.2 Å². The lowest BCUT2D eigenvalue weighted by Crippen LogP contribution is -2.48. The molecule has 0 spiro atoms. The molecule has 0 radical (unpaired) electrons. The number of hydrogen-bond donors (Lipinski definition) is 2. The van der Waals surface area contributed by atoms with Crippen molar-refractivity contribution in [2.45, 2.75) is 58.5 Å². The van der Waals surface area contributed by atoms with Crippen LogP contribution >= 0.6 is 0 Å². The van der Waals surface area contributed by atoms with E-state index >= 15 is 0 Å². The van der Waals surface area contributed by atoms with Crippen LogP contribution in [0.1, 0.15) is 56.2 Å². The van der Waals surface area contributed by atoms with E-state index in [4.69, 9.17) is 4.42 Å². The van der Waals surface area contributed by atoms with E-state index in [1.54, 1.807) is 0 Å². The molecule has 2 amide bonds. The highest BCUT2D eigenvalue weighted by molar-refractivity contribution is 5.75. The zero-order valence-corrected chi connectivity index (χ0v) is 14.7. The first-order valence-electron chi connectivity index (χ1n) is 8.67. The number of amides is 2. The molecule has 0 saturated carbocycles. The number of nitrogens with zero attached hydrogens (tertiary/aromatic N) is 1. The largest absolute Gasteiger partial charge is 0.466 e. The average molecular weight is 319 g/mol. The van der Waals surface area contributed by atoms with Crippen molar-refractivity contribution in [3.63, 3.8) is 0 Å². The van der Waals surface area contributed by atoms with Gasteiger partial charge in [0.1, 0.15) is 11.5 Å². The van der Waals surface area contributed by atoms with E-state index < -0.39 is 0 Å². The number of likely N-dealkylation sites (tertiary alicyclic amines) is 1. The summed E-state index contributed by atoms with van der Waals surface area (Å²) >= 11 is 0. The quantitative estimate of drug-likeness (QED) is 0.881. The van der Waals surface area contributed by atoms with Gasteiger partial charge in [-0.05, 0) is 57.8 Å². The number of furan rings is 1. The molecule has 1 saturated heterocycles. The van der Waals surface area contributed by atoms with Gasteiger partial charge in [-0.25, -0.2) is 4.79 Å². The number of urea groups is 1. The number of fused-ring (bicyclic) bond motifs is 1. The summed E-state index contributed by atoms with van der Waals surface area (Å²) < 4.78 is 5.84. The Bertz CT molecular complexity index is 571. The van der Waals surface area contributed by atoms with Crippen LogP contribution in [0.4, 0.5) is 4.79 Å². The summed E-state index contributed by atoms with van der Waals surface area (Å²) in [7, 11) is 2.13. The number of hydrogen-bond acceptors (Lipinski definition) is 3. The maximum atomic E-state index is 12.4. The monoisotopic (exact) mass is 319 g/mol. The molecule has 0 unspecified atom stereocenters. The summed E-state index contributed by atoms with van der Waals surface area (Å²) in [5.41, 5.74) is 1.29. The molecule has 5 nitrogen and oxygen atoms in total. The Hall–Kier alpha value is -1.49. The highest BCUT2D eigenvalue weighted by atomic mass is 16.3. The third kappa shape index (κ3) is 3.89. The minimum Gasteiger partial charge on any atom is -0.466 e. The van der Waals surface area contributed by atoms with Crippen LogP contribution in [0, 0.1) is 12.3 Å². The van der Waals surface area contributed by atoms with Crippen molar-refractivity contribution in [3.8, 4) is 0 Å². The van der Waals surface area contributed by atoms with E-state index in [9.17, 15) is 4.79 Å². The topological polar surface area (TPSA) is 57.5 Å². The molecule has 0 aromatic carbocycles. The molecule has 2 heterocycles. The smallest absolute Gasteiger partial charge is 0.315 e. The van der Waals surface area contributed by atoms with Crippen LogP contribution in [0.5, 0.6) is 0 Å². The second kappa shape index (κ2) is 6.19. The molecule has 1 aromatic rings. The number of piperidine rings is 1. The molecule has 5 heteroatoms. The van der Waals surface area contributed by atoms with E-state index in [1.165, 1.54) is 0 Å². The molecule has 0 bridgehead atoms. The van der Waals surface area contributed by atoms with Gasteiger partial charge < -0.3 is 20.0 Å². The van der Waals surface area contributed by atoms with Gasteiger partial charge in [0.2, 0.25) is 0 Å². The fourth-order valence-corrected chi connectivity index (χ4v) is 3.85. The molecule has 2 N–H and O–H groups in total. The van der Waals surface area contributed by atoms with Gasteiger partial charge in [-0.1, -0.05) is 13.8 Å². The lowest BCUT2D eigenvalue weighted by atomic mass is 9.75. The Morgan fingerprint density at radius 1 is 1.30 bits per heavy atom. The first kappa shape index (κ1) is 16.4. The Labute approximate surface area is 138 Å². The van der Waals surface area contributed by atoms with E-state index in [0.717, 1.165) is 55.9 Å². The van der Waals surface area contributed by atoms with E-state index in [1.807, 2.05) is 6.92 Å². The summed E-state index contributed by atoms with van der Waals surface area (Å²) in [6.45, 7) is 8.54. The standard InChI is InChI=1S/C18H29N3O2/c1-12-9-14-15(10-18(2,3)11-16(14)23-12)20-17(22)19-13-5-7-21(4)8-6-13/h9,13,15H,5-8,10-11H2,1-4H3,(H2,19,20,22)/t15-/m0/s1. The van der Waals surface area contributed by atoms with E-state index in [2.05, 4.69) is 42.5 Å². The highest BCUT2D eigenvalue weighted by Crippen LogP contribution is 2.41. The molecule has 1 fully saturated rings. The molecule has 1 aliphatic heterocycles. The van der Waals surface area contributed by atoms with Gasteiger partial charge in [-0.3, -0.25) is 0 Å². The predicted octanol–water partition coefficient (Wildman–Crippen LogP) is 2.99. The van der Waals surface area contributed by atoms with Crippen LogP contribution in [0.15, 0.2) is 10.5 Å². The molecule has 1 atom stereocenters. The second-order valence-electron chi connectivity index (χ2n) is 8.03. The van der Waals surface area contributed by atoms with Gasteiger partial charge in [0.15, 0.2) is 0 Å². The number of nitrogens with one attached hydrogen (secondary N) is 2. The lowest BCUT2D eigenvalue weighted by molar-refractivity contribution is 0.200. The summed E-state index contributed by atoms with van der Waals surface area (Å²) in [6.07, 6.45) is 3.93. The molecule has 1 aliphatic carbocycles. The normalized spacial score (nSPS) is 25.0. The average Bonchev–Trinajstić information content (AvgIpc) is 2.80. The Morgan fingerprint density at radius 3 is 2.70 bits per heavy atom. The number of carbonyl (C=O) groups excluding carboxylic acids is 1. The van der Waals surface area contributed by atoms with Crippen LogP contribution in [-0.2, 0) is 6.42 Å². The first-order valence-corrected chi connectivity index (χ1v) is 8.67. The minimum atomic E-state index is -0.0490. The van der Waals surface area contributed by atoms with Gasteiger partial charge >= 0.3 is 6.03 Å². The van der Waals surface area contributed by atoms with Crippen LogP contribution in [0.2, 0.25) is 0 Å². The fraction of sp³-hybridized carbons (Fsp3) is 0.722. The van der Waals surface area contributed by atoms with Gasteiger partial charge in [-0.2, -0.15) is 0 Å². The van der Waals surface area contributed by atoms with Crippen molar-refractivity contribution < 1.29 is 9.21 Å². The van der Waals surface area contributed by atoms with Gasteiger partial charge in [-0.15, -0.1) is 0 Å². The maximum Gasteiger partial charge on any atom is 0.315 e. The lowest BCUT2D eigenvalue weighted by Gasteiger charge is -2.35. The molecule has 1 aromatic heterocycles. The molecular weight excluding hydrogens is 290 g/mol. The van der Waals surface area contributed by atoms with Crippen LogP contribution in [0.25, 0.3) is 0 Å². The SMILES string of the molecule is Cc1cc2c(o1)CC(C)(C)C[C@@H]2NC(=O)NC1CCN(C)CC1. The number of rotatable bonds is 2. The fourth-order valence-electron chi connectivity index (χ4n) is 3.85. The van der Waals surface area contributed by atoms with Gasteiger partial charge in [0.05, 0.1) is 6.04 Å². The molecule has 128 valence electrons. The van der Waals surface area contributed by atoms with Crippen molar-refractivity contribution in [1.82, 2.24) is 15.5 Å². The maximum absolute atomic E-state index is 12.4. The van der Waals surface area contributed by atoms with Crippen LogP contribution in [-0.4, -0.2) is 37.1 Å². The summed E-state index contributed by atoms with van der Waals surface area (Å²) in [4.78, 5) is 14.7. The molecular formula is C18H29N3O2. The Balaban J connectivity index is 1.63. The summed E-state index contributed by atoms with van der Waals surface area (Å²) in [6, 6.07) is 2.35.